The lowest BCUT2D eigenvalue weighted by molar-refractivity contribution is -0.145. The Kier molecular flexibility index (Phi) is 4.19. The molecular formula is C10H7BrF6O. The van der Waals surface area contributed by atoms with Gasteiger partial charge < -0.3 is 4.74 Å². The lowest BCUT2D eigenvalue weighted by Crippen LogP contribution is -2.15. The SMILES string of the molecule is COc1c(C(F)(F)F)cc(CBr)cc1C(F)(F)F. The molecule has 102 valence electrons. The standard InChI is InChI=1S/C10H7BrF6O/c1-18-8-6(9(12,13)14)2-5(4-11)3-7(8)10(15,16)17/h2-3H,4H2,1H3. The lowest BCUT2D eigenvalue weighted by atomic mass is 10.0. The second kappa shape index (κ2) is 4.99. The summed E-state index contributed by atoms with van der Waals surface area (Å²) in [7, 11) is 0.771. The molecule has 0 aliphatic rings. The molecule has 1 rings (SSSR count). The second-order valence-electron chi connectivity index (χ2n) is 3.35. The van der Waals surface area contributed by atoms with Crippen molar-refractivity contribution in [2.75, 3.05) is 7.11 Å². The summed E-state index contributed by atoms with van der Waals surface area (Å²) >= 11 is 2.83. The van der Waals surface area contributed by atoms with Crippen LogP contribution in [0.25, 0.3) is 0 Å². The van der Waals surface area contributed by atoms with Crippen LogP contribution in [-0.4, -0.2) is 7.11 Å². The molecule has 0 atom stereocenters. The quantitative estimate of drug-likeness (QED) is 0.565. The van der Waals surface area contributed by atoms with Crippen molar-refractivity contribution in [2.45, 2.75) is 17.7 Å². The summed E-state index contributed by atoms with van der Waals surface area (Å²) in [6, 6.07) is 1.26. The van der Waals surface area contributed by atoms with Crippen molar-refractivity contribution in [3.05, 3.63) is 28.8 Å². The van der Waals surface area contributed by atoms with Crippen molar-refractivity contribution in [2.24, 2.45) is 0 Å². The third kappa shape index (κ3) is 3.09. The van der Waals surface area contributed by atoms with Crippen molar-refractivity contribution < 1.29 is 31.1 Å². The number of hydrogen-bond acceptors (Lipinski definition) is 1. The van der Waals surface area contributed by atoms with Gasteiger partial charge in [-0.05, 0) is 17.7 Å². The fraction of sp³-hybridized carbons (Fsp3) is 0.400. The van der Waals surface area contributed by atoms with Gasteiger partial charge in [-0.3, -0.25) is 0 Å². The van der Waals surface area contributed by atoms with Crippen molar-refractivity contribution in [3.63, 3.8) is 0 Å². The molecule has 0 saturated heterocycles. The van der Waals surface area contributed by atoms with E-state index in [0.29, 0.717) is 12.1 Å². The van der Waals surface area contributed by atoms with Gasteiger partial charge in [0.1, 0.15) is 5.75 Å². The fourth-order valence-corrected chi connectivity index (χ4v) is 1.73. The Labute approximate surface area is 107 Å². The number of ether oxygens (including phenoxy) is 1. The van der Waals surface area contributed by atoms with Gasteiger partial charge in [0.25, 0.3) is 0 Å². The lowest BCUT2D eigenvalue weighted by Gasteiger charge is -2.18. The van der Waals surface area contributed by atoms with Gasteiger partial charge >= 0.3 is 12.4 Å². The normalized spacial score (nSPS) is 12.7. The number of benzene rings is 1. The molecule has 0 amide bonds. The monoisotopic (exact) mass is 336 g/mol. The molecule has 0 saturated carbocycles. The Morgan fingerprint density at radius 3 is 1.61 bits per heavy atom. The van der Waals surface area contributed by atoms with Crippen molar-refractivity contribution in [3.8, 4) is 5.75 Å². The average molecular weight is 337 g/mol. The van der Waals surface area contributed by atoms with Crippen LogP contribution < -0.4 is 4.74 Å². The predicted molar refractivity (Wildman–Crippen MR) is 55.6 cm³/mol. The third-order valence-electron chi connectivity index (χ3n) is 2.12. The van der Waals surface area contributed by atoms with E-state index >= 15 is 0 Å². The number of halogens is 7. The molecule has 0 unspecified atom stereocenters. The molecule has 0 N–H and O–H groups in total. The first kappa shape index (κ1) is 15.1. The zero-order valence-electron chi connectivity index (χ0n) is 8.92. The second-order valence-corrected chi connectivity index (χ2v) is 3.91. The minimum absolute atomic E-state index is 0.122. The van der Waals surface area contributed by atoms with E-state index in [0.717, 1.165) is 7.11 Å². The largest absolute Gasteiger partial charge is 0.495 e. The molecule has 8 heteroatoms. The number of hydrogen-bond donors (Lipinski definition) is 0. The highest BCUT2D eigenvalue weighted by Gasteiger charge is 2.42. The third-order valence-corrected chi connectivity index (χ3v) is 2.77. The molecule has 0 aromatic heterocycles. The van der Waals surface area contributed by atoms with E-state index in [1.54, 1.807) is 0 Å². The maximum Gasteiger partial charge on any atom is 0.419 e. The maximum absolute atomic E-state index is 12.7. The van der Waals surface area contributed by atoms with Crippen LogP contribution in [0.15, 0.2) is 12.1 Å². The molecule has 0 aliphatic carbocycles. The fourth-order valence-electron chi connectivity index (χ4n) is 1.41. The van der Waals surface area contributed by atoms with Gasteiger partial charge in [0.2, 0.25) is 0 Å². The van der Waals surface area contributed by atoms with Gasteiger partial charge in [0, 0.05) is 5.33 Å². The van der Waals surface area contributed by atoms with Crippen LogP contribution in [0.1, 0.15) is 16.7 Å². The molecule has 1 aromatic rings. The average Bonchev–Trinajstić information content (AvgIpc) is 2.24. The van der Waals surface area contributed by atoms with E-state index in [1.807, 2.05) is 0 Å². The summed E-state index contributed by atoms with van der Waals surface area (Å²) in [5, 5.41) is -0.122. The molecule has 1 nitrogen and oxygen atoms in total. The van der Waals surface area contributed by atoms with Crippen LogP contribution in [0.5, 0.6) is 5.75 Å². The van der Waals surface area contributed by atoms with Crippen LogP contribution in [0.4, 0.5) is 26.3 Å². The van der Waals surface area contributed by atoms with Gasteiger partial charge in [0.05, 0.1) is 18.2 Å². The smallest absolute Gasteiger partial charge is 0.419 e. The molecule has 18 heavy (non-hydrogen) atoms. The minimum Gasteiger partial charge on any atom is -0.495 e. The molecule has 1 aromatic carbocycles. The first-order valence-corrected chi connectivity index (χ1v) is 5.64. The summed E-state index contributed by atoms with van der Waals surface area (Å²) < 4.78 is 80.2. The number of methoxy groups -OCH3 is 1. The Hall–Kier alpha value is -0.920. The van der Waals surface area contributed by atoms with Gasteiger partial charge in [-0.15, -0.1) is 0 Å². The summed E-state index contributed by atoms with van der Waals surface area (Å²) in [6.07, 6.45) is -9.83. The van der Waals surface area contributed by atoms with Crippen LogP contribution >= 0.6 is 15.9 Å². The topological polar surface area (TPSA) is 9.23 Å². The van der Waals surface area contributed by atoms with E-state index in [2.05, 4.69) is 20.7 Å². The molecular weight excluding hydrogens is 330 g/mol. The van der Waals surface area contributed by atoms with E-state index in [-0.39, 0.29) is 10.9 Å². The zero-order valence-corrected chi connectivity index (χ0v) is 10.5. The van der Waals surface area contributed by atoms with Gasteiger partial charge in [-0.1, -0.05) is 15.9 Å². The van der Waals surface area contributed by atoms with Gasteiger partial charge in [-0.25, -0.2) is 0 Å². The molecule has 0 fully saturated rings. The number of rotatable bonds is 2. The Morgan fingerprint density at radius 2 is 1.39 bits per heavy atom. The number of alkyl halides is 7. The van der Waals surface area contributed by atoms with E-state index in [9.17, 15) is 26.3 Å². The summed E-state index contributed by atoms with van der Waals surface area (Å²) in [6.45, 7) is 0. The van der Waals surface area contributed by atoms with Crippen LogP contribution in [-0.2, 0) is 17.7 Å². The summed E-state index contributed by atoms with van der Waals surface area (Å²) in [5.41, 5.74) is -3.00. The Morgan fingerprint density at radius 1 is 1.00 bits per heavy atom. The molecule has 0 spiro atoms. The predicted octanol–water partition coefficient (Wildman–Crippen LogP) is 4.63. The van der Waals surface area contributed by atoms with Crippen molar-refractivity contribution in [1.82, 2.24) is 0 Å². The van der Waals surface area contributed by atoms with E-state index in [1.165, 1.54) is 0 Å². The maximum atomic E-state index is 12.7. The van der Waals surface area contributed by atoms with Gasteiger partial charge in [-0.2, -0.15) is 26.3 Å². The summed E-state index contributed by atoms with van der Waals surface area (Å²) in [4.78, 5) is 0. The Bertz CT molecular complexity index is 402. The molecule has 0 bridgehead atoms. The zero-order chi connectivity index (χ0) is 14.1. The van der Waals surface area contributed by atoms with E-state index in [4.69, 9.17) is 0 Å². The highest BCUT2D eigenvalue weighted by Crippen LogP contribution is 2.44. The highest BCUT2D eigenvalue weighted by atomic mass is 79.9. The first-order chi connectivity index (χ1) is 8.11. The first-order valence-electron chi connectivity index (χ1n) is 4.52. The van der Waals surface area contributed by atoms with Crippen LogP contribution in [0, 0.1) is 0 Å². The van der Waals surface area contributed by atoms with Crippen molar-refractivity contribution >= 4 is 15.9 Å². The molecule has 0 aliphatic heterocycles. The summed E-state index contributed by atoms with van der Waals surface area (Å²) in [5.74, 6) is -1.21. The minimum atomic E-state index is -4.91. The molecule has 0 radical (unpaired) electrons. The Balaban J connectivity index is 3.61. The molecule has 0 heterocycles. The van der Waals surface area contributed by atoms with Crippen LogP contribution in [0.3, 0.4) is 0 Å². The van der Waals surface area contributed by atoms with E-state index < -0.39 is 29.2 Å². The van der Waals surface area contributed by atoms with Crippen molar-refractivity contribution in [1.29, 1.82) is 0 Å². The highest BCUT2D eigenvalue weighted by molar-refractivity contribution is 9.08. The van der Waals surface area contributed by atoms with Gasteiger partial charge in [0.15, 0.2) is 0 Å². The van der Waals surface area contributed by atoms with Crippen LogP contribution in [0.2, 0.25) is 0 Å².